The van der Waals surface area contributed by atoms with Crippen molar-refractivity contribution in [1.29, 1.82) is 0 Å². The van der Waals surface area contributed by atoms with Gasteiger partial charge >= 0.3 is 224 Å². The van der Waals surface area contributed by atoms with E-state index in [-0.39, 0.29) is 0 Å². The van der Waals surface area contributed by atoms with Crippen molar-refractivity contribution >= 4 is 19.1 Å². The van der Waals surface area contributed by atoms with Gasteiger partial charge in [0.25, 0.3) is 0 Å². The minimum atomic E-state index is -3.10. The van der Waals surface area contributed by atoms with Gasteiger partial charge < -0.3 is 0 Å². The Hall–Kier alpha value is -1.37. The Bertz CT molecular complexity index is 1150. The molecule has 0 aliphatic heterocycles. The number of para-hydroxylation sites is 2. The first-order valence-corrected chi connectivity index (χ1v) is 18.3. The molecule has 5 heteroatoms. The summed E-state index contributed by atoms with van der Waals surface area (Å²) in [5.41, 5.74) is 7.65. The third kappa shape index (κ3) is 5.65. The van der Waals surface area contributed by atoms with Crippen molar-refractivity contribution in [2.45, 2.75) is 84.0 Å². The second kappa shape index (κ2) is 11.4. The fourth-order valence-electron chi connectivity index (χ4n) is 4.66. The Morgan fingerprint density at radius 3 is 1.26 bits per heavy atom. The number of allylic oxidation sites excluding steroid dienone is 1. The molecular weight excluding hydrogens is 566 g/mol. The zero-order valence-corrected chi connectivity index (χ0v) is 25.5. The molecule has 0 saturated carbocycles. The van der Waals surface area contributed by atoms with Crippen LogP contribution in [0.3, 0.4) is 0 Å². The van der Waals surface area contributed by atoms with E-state index in [1.54, 1.807) is 0 Å². The molecule has 0 spiro atoms. The molecule has 0 fully saturated rings. The molecule has 0 atom stereocenters. The monoisotopic (exact) mass is 605 g/mol. The maximum atomic E-state index is 7.34. The van der Waals surface area contributed by atoms with E-state index in [1.165, 1.54) is 33.6 Å². The quantitative estimate of drug-likeness (QED) is 0.178. The van der Waals surface area contributed by atoms with Gasteiger partial charge in [0.1, 0.15) is 0 Å². The molecule has 0 amide bonds. The molecule has 0 N–H and O–H groups in total. The molecule has 0 radical (unpaired) electrons. The average molecular weight is 607 g/mol. The number of nitrogens with zero attached hydrogens (tertiary/aromatic N) is 2. The summed E-state index contributed by atoms with van der Waals surface area (Å²) in [4.78, 5) is 0.582. The van der Waals surface area contributed by atoms with Gasteiger partial charge in [-0.3, -0.25) is 0 Å². The van der Waals surface area contributed by atoms with E-state index in [0.29, 0.717) is 28.6 Å². The molecular formula is C30H41Cl2N2Pd-3. The van der Waals surface area contributed by atoms with Crippen LogP contribution < -0.4 is 0 Å². The predicted molar refractivity (Wildman–Crippen MR) is 151 cm³/mol. The van der Waals surface area contributed by atoms with E-state index in [4.69, 9.17) is 19.1 Å². The summed E-state index contributed by atoms with van der Waals surface area (Å²) in [5.74, 6) is 1.46. The molecule has 2 aromatic carbocycles. The molecule has 35 heavy (non-hydrogen) atoms. The number of hydrogen-bond acceptors (Lipinski definition) is 0. The van der Waals surface area contributed by atoms with E-state index in [1.807, 2.05) is 6.08 Å². The van der Waals surface area contributed by atoms with Crippen LogP contribution in [-0.4, -0.2) is 9.13 Å². The maximum absolute atomic E-state index is 7.34. The molecule has 3 rings (SSSR count). The first-order valence-electron chi connectivity index (χ1n) is 12.4. The fourth-order valence-corrected chi connectivity index (χ4v) is 9.36. The molecule has 0 bridgehead atoms. The van der Waals surface area contributed by atoms with Crippen LogP contribution in [0.4, 0.5) is 0 Å². The first-order chi connectivity index (χ1) is 16.4. The van der Waals surface area contributed by atoms with Gasteiger partial charge in [-0.15, -0.1) is 0 Å². The number of imidazole rings is 1. The molecule has 0 aliphatic carbocycles. The van der Waals surface area contributed by atoms with Gasteiger partial charge in [0.2, 0.25) is 0 Å². The van der Waals surface area contributed by atoms with Crippen molar-refractivity contribution in [1.82, 2.24) is 9.13 Å². The molecule has 0 aliphatic rings. The van der Waals surface area contributed by atoms with Crippen LogP contribution >= 0.6 is 19.1 Å². The summed E-state index contributed by atoms with van der Waals surface area (Å²) in [5, 5.41) is 0. The van der Waals surface area contributed by atoms with E-state index in [0.717, 1.165) is 3.89 Å². The van der Waals surface area contributed by atoms with Gasteiger partial charge in [-0.05, 0) is 0 Å². The molecule has 0 unspecified atom stereocenters. The van der Waals surface area contributed by atoms with Gasteiger partial charge in [0, 0.05) is 0 Å². The van der Waals surface area contributed by atoms with Crippen molar-refractivity contribution in [2.24, 2.45) is 0 Å². The van der Waals surface area contributed by atoms with Crippen LogP contribution in [0.5, 0.6) is 0 Å². The molecule has 1 heterocycles. The molecule has 3 aromatic rings. The summed E-state index contributed by atoms with van der Waals surface area (Å²) >= 11 is -3.10. The zero-order chi connectivity index (χ0) is 26.1. The van der Waals surface area contributed by atoms with Crippen molar-refractivity contribution in [3.63, 3.8) is 0 Å². The van der Waals surface area contributed by atoms with Gasteiger partial charge in [0.05, 0.1) is 0 Å². The number of rotatable bonds is 8. The van der Waals surface area contributed by atoms with E-state index >= 15 is 0 Å². The van der Waals surface area contributed by atoms with Gasteiger partial charge in [-0.1, -0.05) is 0 Å². The Kier molecular flexibility index (Phi) is 9.15. The van der Waals surface area contributed by atoms with Crippen molar-refractivity contribution in [3.8, 4) is 11.4 Å². The van der Waals surface area contributed by atoms with Crippen LogP contribution in [0.15, 0.2) is 61.4 Å². The predicted octanol–water partition coefficient (Wildman–Crippen LogP) is 10.4. The third-order valence-corrected chi connectivity index (χ3v) is 11.8. The second-order valence-electron chi connectivity index (χ2n) is 10.3. The van der Waals surface area contributed by atoms with E-state index in [2.05, 4.69) is 120 Å². The molecule has 1 aromatic heterocycles. The molecule has 198 valence electrons. The van der Waals surface area contributed by atoms with E-state index in [9.17, 15) is 0 Å². The average Bonchev–Trinajstić information content (AvgIpc) is 3.23. The Morgan fingerprint density at radius 2 is 1.00 bits per heavy atom. The van der Waals surface area contributed by atoms with Gasteiger partial charge in [-0.25, -0.2) is 0 Å². The zero-order valence-electron chi connectivity index (χ0n) is 22.4. The summed E-state index contributed by atoms with van der Waals surface area (Å²) in [6, 6.07) is 13.3. The number of hydrogen-bond donors (Lipinski definition) is 0. The Balaban J connectivity index is 2.61. The number of benzene rings is 2. The SMILES string of the molecule is C=C[CH2][Pd-3]([Cl])([Cl])=[c]1n(-c2c(C(C)C)cccc2C(C)C)ccn1-c1c(C(C)C)cccc1C(C)C. The Morgan fingerprint density at radius 1 is 0.686 bits per heavy atom. The van der Waals surface area contributed by atoms with Crippen molar-refractivity contribution in [3.05, 3.63) is 87.6 Å². The van der Waals surface area contributed by atoms with Crippen LogP contribution in [-0.2, 0) is 13.0 Å². The van der Waals surface area contributed by atoms with Crippen molar-refractivity contribution < 1.29 is 13.0 Å². The summed E-state index contributed by atoms with van der Waals surface area (Å²) in [7, 11) is 14.7. The van der Waals surface area contributed by atoms with Gasteiger partial charge in [0.15, 0.2) is 0 Å². The minimum absolute atomic E-state index is 0.365. The fraction of sp³-hybridized carbons (Fsp3) is 0.433. The summed E-state index contributed by atoms with van der Waals surface area (Å²) in [6.45, 7) is 22.0. The molecule has 0 saturated heterocycles. The van der Waals surface area contributed by atoms with Crippen LogP contribution in [0, 0.1) is 3.89 Å². The van der Waals surface area contributed by atoms with Crippen LogP contribution in [0.2, 0.25) is 4.89 Å². The summed E-state index contributed by atoms with van der Waals surface area (Å²) < 4.78 is 5.59. The number of halogens is 2. The third-order valence-electron chi connectivity index (χ3n) is 6.36. The molecule has 2 nitrogen and oxygen atoms in total. The Labute approximate surface area is 223 Å². The second-order valence-corrected chi connectivity index (χ2v) is 19.4. The normalized spacial score (nSPS) is 12.9. The van der Waals surface area contributed by atoms with Crippen LogP contribution in [0.25, 0.3) is 11.4 Å². The first kappa shape index (κ1) is 28.2. The topological polar surface area (TPSA) is 9.86 Å². The standard InChI is InChI=1S/C27H36N2.C3H5.2ClH.Pd/c1-18(2)22-11-9-12-23(19(3)4)26(22)28-15-16-29(17-28)27-24(20(5)6)13-10-14-25(27)21(7)8;1-3-2;;;/h9-16,18-21H,1-8H3;3H,1-2H2;2*1H;/q;;;;-1/p-2. The van der Waals surface area contributed by atoms with E-state index < -0.39 is 13.0 Å². The van der Waals surface area contributed by atoms with Gasteiger partial charge in [-0.2, -0.15) is 0 Å². The summed E-state index contributed by atoms with van der Waals surface area (Å²) in [6.07, 6.45) is 6.21. The van der Waals surface area contributed by atoms with Crippen molar-refractivity contribution in [2.75, 3.05) is 0 Å². The number of aromatic nitrogens is 2. The van der Waals surface area contributed by atoms with Crippen LogP contribution in [0.1, 0.15) is 101 Å².